The first-order valence-corrected chi connectivity index (χ1v) is 6.80. The van der Waals surface area contributed by atoms with Gasteiger partial charge in [0, 0.05) is 6.54 Å². The Labute approximate surface area is 125 Å². The second-order valence-electron chi connectivity index (χ2n) is 5.20. The standard InChI is InChI=1S/C14H17F3N2O3/c1-9(20)6-18-13(21)19-7-12(8-19)22-11-4-2-10(3-5-11)14(15,16)17/h2-5,9,12,20H,6-8H2,1H3,(H,18,21)/t9-/m1/s1. The van der Waals surface area contributed by atoms with Crippen LogP contribution in [0.15, 0.2) is 24.3 Å². The van der Waals surface area contributed by atoms with E-state index in [1.165, 1.54) is 17.0 Å². The van der Waals surface area contributed by atoms with E-state index in [1.54, 1.807) is 6.92 Å². The fraction of sp³-hybridized carbons (Fsp3) is 0.500. The molecule has 1 saturated heterocycles. The summed E-state index contributed by atoms with van der Waals surface area (Å²) in [7, 11) is 0. The molecule has 0 radical (unpaired) electrons. The van der Waals surface area contributed by atoms with Crippen LogP contribution in [0.5, 0.6) is 5.75 Å². The Balaban J connectivity index is 1.77. The predicted molar refractivity (Wildman–Crippen MR) is 72.5 cm³/mol. The van der Waals surface area contributed by atoms with Crippen molar-refractivity contribution in [1.82, 2.24) is 10.2 Å². The number of ether oxygens (including phenoxy) is 1. The van der Waals surface area contributed by atoms with Crippen molar-refractivity contribution in [3.63, 3.8) is 0 Å². The van der Waals surface area contributed by atoms with Crippen LogP contribution in [0.1, 0.15) is 12.5 Å². The molecule has 5 nitrogen and oxygen atoms in total. The van der Waals surface area contributed by atoms with E-state index in [9.17, 15) is 18.0 Å². The number of hydrogen-bond donors (Lipinski definition) is 2. The lowest BCUT2D eigenvalue weighted by atomic mass is 10.1. The smallest absolute Gasteiger partial charge is 0.416 e. The highest BCUT2D eigenvalue weighted by atomic mass is 19.4. The van der Waals surface area contributed by atoms with Crippen molar-refractivity contribution in [2.24, 2.45) is 0 Å². The van der Waals surface area contributed by atoms with Gasteiger partial charge in [0.05, 0.1) is 24.8 Å². The van der Waals surface area contributed by atoms with Gasteiger partial charge in [-0.25, -0.2) is 4.79 Å². The SMILES string of the molecule is C[C@@H](O)CNC(=O)N1CC(Oc2ccc(C(F)(F)F)cc2)C1. The van der Waals surface area contributed by atoms with E-state index >= 15 is 0 Å². The van der Waals surface area contributed by atoms with Gasteiger partial charge in [-0.3, -0.25) is 0 Å². The Morgan fingerprint density at radius 1 is 1.41 bits per heavy atom. The number of aliphatic hydroxyl groups excluding tert-OH is 1. The maximum Gasteiger partial charge on any atom is 0.416 e. The van der Waals surface area contributed by atoms with Crippen LogP contribution < -0.4 is 10.1 Å². The first-order chi connectivity index (χ1) is 10.3. The van der Waals surface area contributed by atoms with Gasteiger partial charge in [-0.15, -0.1) is 0 Å². The predicted octanol–water partition coefficient (Wildman–Crippen LogP) is 1.86. The Hall–Kier alpha value is -1.96. The summed E-state index contributed by atoms with van der Waals surface area (Å²) in [6, 6.07) is 4.15. The molecule has 1 atom stereocenters. The minimum atomic E-state index is -4.37. The molecular weight excluding hydrogens is 301 g/mol. The zero-order valence-corrected chi connectivity index (χ0v) is 11.9. The summed E-state index contributed by atoms with van der Waals surface area (Å²) in [4.78, 5) is 13.1. The summed E-state index contributed by atoms with van der Waals surface area (Å²) < 4.78 is 42.7. The summed E-state index contributed by atoms with van der Waals surface area (Å²) in [5, 5.41) is 11.6. The molecule has 1 aliphatic heterocycles. The number of likely N-dealkylation sites (tertiary alicyclic amines) is 1. The van der Waals surface area contributed by atoms with Crippen LogP contribution in [0, 0.1) is 0 Å². The lowest BCUT2D eigenvalue weighted by molar-refractivity contribution is -0.137. The number of amides is 2. The molecule has 0 aromatic heterocycles. The maximum absolute atomic E-state index is 12.4. The zero-order valence-electron chi connectivity index (χ0n) is 11.9. The van der Waals surface area contributed by atoms with Crippen LogP contribution in [0.2, 0.25) is 0 Å². The number of urea groups is 1. The lowest BCUT2D eigenvalue weighted by Gasteiger charge is -2.38. The molecule has 0 aliphatic carbocycles. The van der Waals surface area contributed by atoms with Crippen molar-refractivity contribution in [3.8, 4) is 5.75 Å². The van der Waals surface area contributed by atoms with E-state index in [4.69, 9.17) is 9.84 Å². The number of aliphatic hydroxyl groups is 1. The number of carbonyl (C=O) groups excluding carboxylic acids is 1. The van der Waals surface area contributed by atoms with Crippen LogP contribution in [-0.2, 0) is 6.18 Å². The van der Waals surface area contributed by atoms with Crippen LogP contribution in [0.25, 0.3) is 0 Å². The van der Waals surface area contributed by atoms with Crippen molar-refractivity contribution in [2.45, 2.75) is 25.3 Å². The number of halogens is 3. The third-order valence-electron chi connectivity index (χ3n) is 3.17. The molecule has 0 unspecified atom stereocenters. The van der Waals surface area contributed by atoms with Gasteiger partial charge >= 0.3 is 12.2 Å². The molecule has 2 amide bonds. The highest BCUT2D eigenvalue weighted by Gasteiger charge is 2.33. The zero-order chi connectivity index (χ0) is 16.3. The Bertz CT molecular complexity index is 511. The topological polar surface area (TPSA) is 61.8 Å². The van der Waals surface area contributed by atoms with Crippen LogP contribution in [-0.4, -0.2) is 47.9 Å². The lowest BCUT2D eigenvalue weighted by Crippen LogP contribution is -2.59. The minimum Gasteiger partial charge on any atom is -0.487 e. The molecule has 122 valence electrons. The molecule has 1 aromatic carbocycles. The number of nitrogens with one attached hydrogen (secondary N) is 1. The molecule has 0 spiro atoms. The quantitative estimate of drug-likeness (QED) is 0.891. The summed E-state index contributed by atoms with van der Waals surface area (Å²) >= 11 is 0. The first-order valence-electron chi connectivity index (χ1n) is 6.80. The Morgan fingerprint density at radius 3 is 2.50 bits per heavy atom. The largest absolute Gasteiger partial charge is 0.487 e. The molecule has 0 saturated carbocycles. The molecule has 1 aromatic rings. The van der Waals surface area contributed by atoms with E-state index < -0.39 is 17.8 Å². The van der Waals surface area contributed by atoms with Gasteiger partial charge in [0.2, 0.25) is 0 Å². The van der Waals surface area contributed by atoms with Gasteiger partial charge < -0.3 is 20.1 Å². The number of hydrogen-bond acceptors (Lipinski definition) is 3. The molecule has 1 heterocycles. The normalized spacial score (nSPS) is 16.9. The summed E-state index contributed by atoms with van der Waals surface area (Å²) in [6.07, 6.45) is -5.23. The van der Waals surface area contributed by atoms with Crippen LogP contribution in [0.3, 0.4) is 0 Å². The molecule has 1 fully saturated rings. The minimum absolute atomic E-state index is 0.166. The van der Waals surface area contributed by atoms with Crippen LogP contribution in [0.4, 0.5) is 18.0 Å². The van der Waals surface area contributed by atoms with Gasteiger partial charge in [-0.05, 0) is 31.2 Å². The number of nitrogens with zero attached hydrogens (tertiary/aromatic N) is 1. The summed E-state index contributed by atoms with van der Waals surface area (Å²) in [5.41, 5.74) is -0.729. The third kappa shape index (κ3) is 4.27. The molecule has 22 heavy (non-hydrogen) atoms. The van der Waals surface area contributed by atoms with Crippen molar-refractivity contribution >= 4 is 6.03 Å². The molecule has 8 heteroatoms. The highest BCUT2D eigenvalue weighted by Crippen LogP contribution is 2.30. The maximum atomic E-state index is 12.4. The molecule has 2 N–H and O–H groups in total. The van der Waals surface area contributed by atoms with Gasteiger partial charge in [0.1, 0.15) is 11.9 Å². The van der Waals surface area contributed by atoms with Crippen molar-refractivity contribution in [1.29, 1.82) is 0 Å². The number of rotatable bonds is 4. The van der Waals surface area contributed by atoms with Crippen LogP contribution >= 0.6 is 0 Å². The fourth-order valence-electron chi connectivity index (χ4n) is 1.94. The summed E-state index contributed by atoms with van der Waals surface area (Å²) in [5.74, 6) is 0.335. The van der Waals surface area contributed by atoms with Gasteiger partial charge in [0.15, 0.2) is 0 Å². The van der Waals surface area contributed by atoms with Gasteiger partial charge in [-0.2, -0.15) is 13.2 Å². The van der Waals surface area contributed by atoms with Crippen molar-refractivity contribution in [2.75, 3.05) is 19.6 Å². The second kappa shape index (κ2) is 6.43. The average molecular weight is 318 g/mol. The number of alkyl halides is 3. The first kappa shape index (κ1) is 16.4. The van der Waals surface area contributed by atoms with Crippen molar-refractivity contribution < 1.29 is 27.8 Å². The van der Waals surface area contributed by atoms with E-state index in [-0.39, 0.29) is 18.7 Å². The molecular formula is C14H17F3N2O3. The molecule has 1 aliphatic rings. The molecule has 0 bridgehead atoms. The monoisotopic (exact) mass is 318 g/mol. The van der Waals surface area contributed by atoms with E-state index in [2.05, 4.69) is 5.32 Å². The second-order valence-corrected chi connectivity index (χ2v) is 5.20. The van der Waals surface area contributed by atoms with E-state index in [1.807, 2.05) is 0 Å². The van der Waals surface area contributed by atoms with E-state index in [0.717, 1.165) is 12.1 Å². The van der Waals surface area contributed by atoms with Gasteiger partial charge in [-0.1, -0.05) is 0 Å². The van der Waals surface area contributed by atoms with Crippen molar-refractivity contribution in [3.05, 3.63) is 29.8 Å². The highest BCUT2D eigenvalue weighted by molar-refractivity contribution is 5.75. The average Bonchev–Trinajstić information content (AvgIpc) is 2.39. The Morgan fingerprint density at radius 2 is 2.00 bits per heavy atom. The van der Waals surface area contributed by atoms with E-state index in [0.29, 0.717) is 18.8 Å². The number of benzene rings is 1. The fourth-order valence-corrected chi connectivity index (χ4v) is 1.94. The third-order valence-corrected chi connectivity index (χ3v) is 3.17. The Kier molecular flexibility index (Phi) is 4.80. The number of carbonyl (C=O) groups is 1. The summed E-state index contributed by atoms with van der Waals surface area (Å²) in [6.45, 7) is 2.44. The van der Waals surface area contributed by atoms with Gasteiger partial charge in [0.25, 0.3) is 0 Å². The molecule has 2 rings (SSSR count).